The van der Waals surface area contributed by atoms with E-state index in [1.807, 2.05) is 42.7 Å². The number of benzene rings is 2. The van der Waals surface area contributed by atoms with Crippen molar-refractivity contribution in [3.8, 4) is 0 Å². The molecule has 0 amide bonds. The third-order valence-electron chi connectivity index (χ3n) is 4.00. The van der Waals surface area contributed by atoms with Crippen LogP contribution in [0.1, 0.15) is 24.5 Å². The lowest BCUT2D eigenvalue weighted by molar-refractivity contribution is 0.521. The minimum Gasteiger partial charge on any atom is -0.318 e. The fourth-order valence-electron chi connectivity index (χ4n) is 2.76. The van der Waals surface area contributed by atoms with Crippen LogP contribution in [-0.4, -0.2) is 4.98 Å². The van der Waals surface area contributed by atoms with E-state index in [9.17, 15) is 0 Å². The van der Waals surface area contributed by atoms with E-state index < -0.39 is 5.54 Å². The maximum Gasteiger partial charge on any atom is 0.0684 e. The molecule has 2 aromatic carbocycles. The molecule has 0 saturated heterocycles. The van der Waals surface area contributed by atoms with Gasteiger partial charge >= 0.3 is 0 Å². The van der Waals surface area contributed by atoms with E-state index in [0.717, 1.165) is 22.9 Å². The van der Waals surface area contributed by atoms with Crippen LogP contribution in [0.3, 0.4) is 0 Å². The van der Waals surface area contributed by atoms with Crippen LogP contribution in [-0.2, 0) is 5.54 Å². The van der Waals surface area contributed by atoms with Crippen molar-refractivity contribution in [2.24, 2.45) is 5.73 Å². The molecule has 2 heteroatoms. The SMILES string of the molecule is CCC(N)(c1ccccc1)c1cncc2ccccc12. The second-order valence-corrected chi connectivity index (χ2v) is 5.10. The number of aromatic nitrogens is 1. The number of nitrogens with zero attached hydrogens (tertiary/aromatic N) is 1. The second kappa shape index (κ2) is 5.06. The van der Waals surface area contributed by atoms with Gasteiger partial charge in [0, 0.05) is 23.3 Å². The third-order valence-corrected chi connectivity index (χ3v) is 4.00. The Balaban J connectivity index is 2.27. The number of hydrogen-bond acceptors (Lipinski definition) is 2. The molecule has 1 unspecified atom stereocenters. The molecule has 0 spiro atoms. The van der Waals surface area contributed by atoms with E-state index in [1.165, 1.54) is 5.39 Å². The minimum absolute atomic E-state index is 0.505. The molecule has 20 heavy (non-hydrogen) atoms. The van der Waals surface area contributed by atoms with Gasteiger partial charge in [-0.1, -0.05) is 61.5 Å². The summed E-state index contributed by atoms with van der Waals surface area (Å²) in [4.78, 5) is 4.37. The highest BCUT2D eigenvalue weighted by molar-refractivity contribution is 5.86. The fraction of sp³-hybridized carbons (Fsp3) is 0.167. The molecule has 0 bridgehead atoms. The highest BCUT2D eigenvalue weighted by atomic mass is 14.8. The van der Waals surface area contributed by atoms with E-state index in [2.05, 4.69) is 36.2 Å². The van der Waals surface area contributed by atoms with Crippen LogP contribution in [0.4, 0.5) is 0 Å². The van der Waals surface area contributed by atoms with Crippen LogP contribution in [0.15, 0.2) is 67.0 Å². The van der Waals surface area contributed by atoms with Gasteiger partial charge in [-0.25, -0.2) is 0 Å². The zero-order chi connectivity index (χ0) is 14.0. The van der Waals surface area contributed by atoms with E-state index >= 15 is 0 Å². The third kappa shape index (κ3) is 1.98. The molecule has 2 N–H and O–H groups in total. The summed E-state index contributed by atoms with van der Waals surface area (Å²) in [7, 11) is 0. The molecule has 0 radical (unpaired) electrons. The lowest BCUT2D eigenvalue weighted by atomic mass is 9.80. The van der Waals surface area contributed by atoms with Gasteiger partial charge in [0.15, 0.2) is 0 Å². The number of nitrogens with two attached hydrogens (primary N) is 1. The van der Waals surface area contributed by atoms with Gasteiger partial charge in [-0.3, -0.25) is 4.98 Å². The van der Waals surface area contributed by atoms with Crippen molar-refractivity contribution < 1.29 is 0 Å². The van der Waals surface area contributed by atoms with Crippen molar-refractivity contribution in [2.45, 2.75) is 18.9 Å². The molecule has 1 aromatic heterocycles. The van der Waals surface area contributed by atoms with Crippen molar-refractivity contribution in [3.05, 3.63) is 78.1 Å². The lowest BCUT2D eigenvalue weighted by Crippen LogP contribution is -2.37. The smallest absolute Gasteiger partial charge is 0.0684 e. The van der Waals surface area contributed by atoms with E-state index in [0.29, 0.717) is 0 Å². The van der Waals surface area contributed by atoms with Gasteiger partial charge in [-0.05, 0) is 17.4 Å². The first-order valence-corrected chi connectivity index (χ1v) is 6.93. The Morgan fingerprint density at radius 2 is 1.65 bits per heavy atom. The Morgan fingerprint density at radius 3 is 2.40 bits per heavy atom. The van der Waals surface area contributed by atoms with Crippen LogP contribution < -0.4 is 5.73 Å². The summed E-state index contributed by atoms with van der Waals surface area (Å²) in [5, 5.41) is 2.31. The first-order chi connectivity index (χ1) is 9.75. The topological polar surface area (TPSA) is 38.9 Å². The number of hydrogen-bond donors (Lipinski definition) is 1. The Bertz CT molecular complexity index is 716. The standard InChI is InChI=1S/C18H18N2/c1-2-18(19,15-9-4-3-5-10-15)17-13-20-12-14-8-6-7-11-16(14)17/h3-13H,2,19H2,1H3. The summed E-state index contributed by atoms with van der Waals surface area (Å²) < 4.78 is 0. The van der Waals surface area contributed by atoms with Crippen LogP contribution in [0.2, 0.25) is 0 Å². The summed E-state index contributed by atoms with van der Waals surface area (Å²) in [5.41, 5.74) is 8.47. The molecule has 3 rings (SSSR count). The quantitative estimate of drug-likeness (QED) is 0.778. The van der Waals surface area contributed by atoms with Crippen molar-refractivity contribution in [1.29, 1.82) is 0 Å². The summed E-state index contributed by atoms with van der Waals surface area (Å²) in [5.74, 6) is 0. The summed E-state index contributed by atoms with van der Waals surface area (Å²) in [6, 6.07) is 18.5. The zero-order valence-corrected chi connectivity index (χ0v) is 11.6. The molecule has 0 fully saturated rings. The Labute approximate surface area is 119 Å². The van der Waals surface area contributed by atoms with Crippen molar-refractivity contribution in [1.82, 2.24) is 4.98 Å². The largest absolute Gasteiger partial charge is 0.318 e. The fourth-order valence-corrected chi connectivity index (χ4v) is 2.76. The Hall–Kier alpha value is -2.19. The van der Waals surface area contributed by atoms with Crippen molar-refractivity contribution in [2.75, 3.05) is 0 Å². The number of rotatable bonds is 3. The molecule has 0 aliphatic carbocycles. The summed E-state index contributed by atoms with van der Waals surface area (Å²) >= 11 is 0. The predicted octanol–water partition coefficient (Wildman–Crippen LogP) is 3.85. The average Bonchev–Trinajstić information content (AvgIpc) is 2.54. The first-order valence-electron chi connectivity index (χ1n) is 6.93. The minimum atomic E-state index is -0.505. The molecule has 0 saturated carbocycles. The predicted molar refractivity (Wildman–Crippen MR) is 83.4 cm³/mol. The molecular weight excluding hydrogens is 244 g/mol. The molecule has 1 atom stereocenters. The van der Waals surface area contributed by atoms with Crippen LogP contribution in [0, 0.1) is 0 Å². The van der Waals surface area contributed by atoms with Gasteiger partial charge in [0.05, 0.1) is 5.54 Å². The molecule has 1 heterocycles. The molecule has 0 aliphatic rings. The van der Waals surface area contributed by atoms with Gasteiger partial charge in [-0.15, -0.1) is 0 Å². The van der Waals surface area contributed by atoms with Crippen LogP contribution >= 0.6 is 0 Å². The summed E-state index contributed by atoms with van der Waals surface area (Å²) in [6.07, 6.45) is 4.62. The Kier molecular flexibility index (Phi) is 3.25. The number of pyridine rings is 1. The van der Waals surface area contributed by atoms with Crippen LogP contribution in [0.5, 0.6) is 0 Å². The molecule has 0 aliphatic heterocycles. The van der Waals surface area contributed by atoms with Gasteiger partial charge in [0.2, 0.25) is 0 Å². The van der Waals surface area contributed by atoms with Crippen molar-refractivity contribution in [3.63, 3.8) is 0 Å². The van der Waals surface area contributed by atoms with Gasteiger partial charge in [-0.2, -0.15) is 0 Å². The second-order valence-electron chi connectivity index (χ2n) is 5.10. The number of fused-ring (bicyclic) bond motifs is 1. The van der Waals surface area contributed by atoms with Crippen molar-refractivity contribution >= 4 is 10.8 Å². The maximum absolute atomic E-state index is 6.77. The highest BCUT2D eigenvalue weighted by Gasteiger charge is 2.29. The highest BCUT2D eigenvalue weighted by Crippen LogP contribution is 2.34. The van der Waals surface area contributed by atoms with E-state index in [4.69, 9.17) is 5.73 Å². The zero-order valence-electron chi connectivity index (χ0n) is 11.6. The molecular formula is C18H18N2. The molecule has 3 aromatic rings. The van der Waals surface area contributed by atoms with Gasteiger partial charge in [0.1, 0.15) is 0 Å². The monoisotopic (exact) mass is 262 g/mol. The maximum atomic E-state index is 6.77. The van der Waals surface area contributed by atoms with Gasteiger partial charge in [0.25, 0.3) is 0 Å². The summed E-state index contributed by atoms with van der Waals surface area (Å²) in [6.45, 7) is 2.12. The van der Waals surface area contributed by atoms with Gasteiger partial charge < -0.3 is 5.73 Å². The van der Waals surface area contributed by atoms with E-state index in [1.54, 1.807) is 0 Å². The Morgan fingerprint density at radius 1 is 0.950 bits per heavy atom. The van der Waals surface area contributed by atoms with E-state index in [-0.39, 0.29) is 0 Å². The first kappa shape index (κ1) is 12.8. The normalized spacial score (nSPS) is 14.1. The molecule has 100 valence electrons. The molecule has 2 nitrogen and oxygen atoms in total. The average molecular weight is 262 g/mol. The lowest BCUT2D eigenvalue weighted by Gasteiger charge is -2.30. The van der Waals surface area contributed by atoms with Crippen LogP contribution in [0.25, 0.3) is 10.8 Å².